The zero-order chi connectivity index (χ0) is 11.1. The molecule has 0 aliphatic carbocycles. The van der Waals surface area contributed by atoms with Crippen molar-refractivity contribution in [3.8, 4) is 11.5 Å². The lowest BCUT2D eigenvalue weighted by Gasteiger charge is -2.08. The van der Waals surface area contributed by atoms with Crippen molar-refractivity contribution < 1.29 is 9.57 Å². The summed E-state index contributed by atoms with van der Waals surface area (Å²) < 4.78 is 5.39. The highest BCUT2D eigenvalue weighted by Crippen LogP contribution is 2.08. The third-order valence-electron chi connectivity index (χ3n) is 1.97. The number of hydroxylamine groups is 1. The van der Waals surface area contributed by atoms with Gasteiger partial charge in [-0.25, -0.2) is 0 Å². The van der Waals surface area contributed by atoms with Crippen LogP contribution in [-0.2, 0) is 0 Å². The summed E-state index contributed by atoms with van der Waals surface area (Å²) in [6, 6.07) is 19.1. The molecule has 3 nitrogen and oxygen atoms in total. The number of nitrogens with one attached hydrogen (secondary N) is 1. The highest BCUT2D eigenvalue weighted by atomic mass is 16.7. The molecule has 0 saturated carbocycles. The van der Waals surface area contributed by atoms with Crippen LogP contribution in [0.3, 0.4) is 0 Å². The van der Waals surface area contributed by atoms with Crippen LogP contribution in [-0.4, -0.2) is 6.73 Å². The molecule has 0 atom stereocenters. The normalized spacial score (nSPS) is 9.75. The van der Waals surface area contributed by atoms with E-state index in [1.807, 2.05) is 60.7 Å². The topological polar surface area (TPSA) is 30.5 Å². The second kappa shape index (κ2) is 5.78. The minimum Gasteiger partial charge on any atom is -0.475 e. The van der Waals surface area contributed by atoms with Crippen LogP contribution in [0.1, 0.15) is 0 Å². The van der Waals surface area contributed by atoms with Gasteiger partial charge in [0.15, 0.2) is 6.73 Å². The van der Waals surface area contributed by atoms with E-state index in [1.54, 1.807) is 0 Å². The fourth-order valence-corrected chi connectivity index (χ4v) is 1.23. The molecule has 0 aliphatic rings. The average molecular weight is 215 g/mol. The number of ether oxygens (including phenoxy) is 1. The summed E-state index contributed by atoms with van der Waals surface area (Å²) in [5.74, 6) is 1.57. The summed E-state index contributed by atoms with van der Waals surface area (Å²) in [5.41, 5.74) is 2.73. The molecule has 3 heteroatoms. The number of para-hydroxylation sites is 2. The van der Waals surface area contributed by atoms with E-state index in [2.05, 4.69) is 5.48 Å². The monoisotopic (exact) mass is 215 g/mol. The Morgan fingerprint density at radius 2 is 1.31 bits per heavy atom. The molecule has 0 aliphatic heterocycles. The minimum absolute atomic E-state index is 0.304. The van der Waals surface area contributed by atoms with Crippen molar-refractivity contribution in [2.75, 3.05) is 6.73 Å². The first-order chi connectivity index (χ1) is 7.95. The van der Waals surface area contributed by atoms with Crippen LogP contribution in [0.4, 0.5) is 0 Å². The lowest BCUT2D eigenvalue weighted by molar-refractivity contribution is 0.115. The Morgan fingerprint density at radius 3 is 1.94 bits per heavy atom. The highest BCUT2D eigenvalue weighted by Gasteiger charge is 1.92. The van der Waals surface area contributed by atoms with Crippen LogP contribution < -0.4 is 15.1 Å². The third-order valence-corrected chi connectivity index (χ3v) is 1.97. The van der Waals surface area contributed by atoms with Gasteiger partial charge >= 0.3 is 0 Å². The fraction of sp³-hybridized carbons (Fsp3) is 0.0769. The van der Waals surface area contributed by atoms with Crippen molar-refractivity contribution in [3.63, 3.8) is 0 Å². The maximum Gasteiger partial charge on any atom is 0.170 e. The van der Waals surface area contributed by atoms with E-state index in [-0.39, 0.29) is 0 Å². The van der Waals surface area contributed by atoms with Gasteiger partial charge in [0.25, 0.3) is 0 Å². The van der Waals surface area contributed by atoms with E-state index >= 15 is 0 Å². The molecule has 2 rings (SSSR count). The maximum absolute atomic E-state index is 5.39. The van der Waals surface area contributed by atoms with E-state index < -0.39 is 0 Å². The van der Waals surface area contributed by atoms with E-state index in [9.17, 15) is 0 Å². The summed E-state index contributed by atoms with van der Waals surface area (Å²) in [5, 5.41) is 0. The smallest absolute Gasteiger partial charge is 0.170 e. The summed E-state index contributed by atoms with van der Waals surface area (Å²) in [6.07, 6.45) is 0. The van der Waals surface area contributed by atoms with Crippen molar-refractivity contribution in [3.05, 3.63) is 60.7 Å². The van der Waals surface area contributed by atoms with Crippen LogP contribution in [0.2, 0.25) is 0 Å². The zero-order valence-electron chi connectivity index (χ0n) is 8.80. The molecule has 0 amide bonds. The molecule has 16 heavy (non-hydrogen) atoms. The van der Waals surface area contributed by atoms with Crippen LogP contribution in [0.15, 0.2) is 60.7 Å². The second-order valence-electron chi connectivity index (χ2n) is 3.16. The summed E-state index contributed by atoms with van der Waals surface area (Å²) in [7, 11) is 0. The van der Waals surface area contributed by atoms with Crippen LogP contribution in [0.5, 0.6) is 11.5 Å². The summed E-state index contributed by atoms with van der Waals surface area (Å²) >= 11 is 0. The van der Waals surface area contributed by atoms with Gasteiger partial charge in [-0.15, -0.1) is 5.48 Å². The number of benzene rings is 2. The quantitative estimate of drug-likeness (QED) is 0.472. The lowest BCUT2D eigenvalue weighted by Crippen LogP contribution is -2.23. The SMILES string of the molecule is c1ccc(OCNOc2ccccc2)cc1. The average Bonchev–Trinajstić information content (AvgIpc) is 2.37. The predicted octanol–water partition coefficient (Wildman–Crippen LogP) is 2.61. The van der Waals surface area contributed by atoms with Gasteiger partial charge in [-0.1, -0.05) is 36.4 Å². The molecular weight excluding hydrogens is 202 g/mol. The molecule has 2 aromatic carbocycles. The predicted molar refractivity (Wildman–Crippen MR) is 62.1 cm³/mol. The van der Waals surface area contributed by atoms with E-state index in [0.717, 1.165) is 11.5 Å². The molecule has 0 saturated heterocycles. The van der Waals surface area contributed by atoms with Gasteiger partial charge in [0.05, 0.1) is 0 Å². The largest absolute Gasteiger partial charge is 0.475 e. The number of rotatable bonds is 5. The minimum atomic E-state index is 0.304. The van der Waals surface area contributed by atoms with Crippen molar-refractivity contribution >= 4 is 0 Å². The number of hydrogen-bond acceptors (Lipinski definition) is 3. The Labute approximate surface area is 94.6 Å². The Morgan fingerprint density at radius 1 is 0.750 bits per heavy atom. The van der Waals surface area contributed by atoms with Crippen molar-refractivity contribution in [2.24, 2.45) is 0 Å². The van der Waals surface area contributed by atoms with Gasteiger partial charge in [0.2, 0.25) is 0 Å². The van der Waals surface area contributed by atoms with Crippen molar-refractivity contribution in [1.29, 1.82) is 0 Å². The van der Waals surface area contributed by atoms with Gasteiger partial charge < -0.3 is 9.57 Å². The van der Waals surface area contributed by atoms with Crippen LogP contribution in [0, 0.1) is 0 Å². The van der Waals surface area contributed by atoms with Crippen LogP contribution in [0.25, 0.3) is 0 Å². The first-order valence-corrected chi connectivity index (χ1v) is 5.08. The summed E-state index contributed by atoms with van der Waals surface area (Å²) in [4.78, 5) is 5.25. The molecule has 0 heterocycles. The van der Waals surface area contributed by atoms with E-state index in [0.29, 0.717) is 6.73 Å². The van der Waals surface area contributed by atoms with Crippen molar-refractivity contribution in [1.82, 2.24) is 5.48 Å². The highest BCUT2D eigenvalue weighted by molar-refractivity contribution is 5.21. The Kier molecular flexibility index (Phi) is 3.80. The molecule has 0 aromatic heterocycles. The van der Waals surface area contributed by atoms with Gasteiger partial charge in [-0.3, -0.25) is 0 Å². The molecule has 0 spiro atoms. The zero-order valence-corrected chi connectivity index (χ0v) is 8.80. The lowest BCUT2D eigenvalue weighted by atomic mass is 10.3. The van der Waals surface area contributed by atoms with Gasteiger partial charge in [-0.05, 0) is 24.3 Å². The van der Waals surface area contributed by atoms with Crippen molar-refractivity contribution in [2.45, 2.75) is 0 Å². The van der Waals surface area contributed by atoms with Gasteiger partial charge in [-0.2, -0.15) is 0 Å². The molecule has 0 bridgehead atoms. The molecular formula is C13H13NO2. The third kappa shape index (κ3) is 3.29. The Hall–Kier alpha value is -2.00. The molecule has 0 unspecified atom stereocenters. The van der Waals surface area contributed by atoms with E-state index in [4.69, 9.17) is 9.57 Å². The molecule has 2 aromatic rings. The number of hydrogen-bond donors (Lipinski definition) is 1. The molecule has 1 N–H and O–H groups in total. The maximum atomic E-state index is 5.39. The first kappa shape index (κ1) is 10.5. The van der Waals surface area contributed by atoms with E-state index in [1.165, 1.54) is 0 Å². The molecule has 0 fully saturated rings. The molecule has 82 valence electrons. The standard InChI is InChI=1S/C13H13NO2/c1-3-7-12(8-4-1)15-11-14-16-13-9-5-2-6-10-13/h1-10,14H,11H2. The Bertz CT molecular complexity index is 361. The van der Waals surface area contributed by atoms with Crippen LogP contribution >= 0.6 is 0 Å². The van der Waals surface area contributed by atoms with Gasteiger partial charge in [0, 0.05) is 0 Å². The second-order valence-corrected chi connectivity index (χ2v) is 3.16. The summed E-state index contributed by atoms with van der Waals surface area (Å²) in [6.45, 7) is 0.304. The van der Waals surface area contributed by atoms with Gasteiger partial charge in [0.1, 0.15) is 11.5 Å². The Balaban J connectivity index is 1.70. The fourth-order valence-electron chi connectivity index (χ4n) is 1.23. The first-order valence-electron chi connectivity index (χ1n) is 5.08. The molecule has 0 radical (unpaired) electrons.